The van der Waals surface area contributed by atoms with Crippen LogP contribution in [0.25, 0.3) is 0 Å². The van der Waals surface area contributed by atoms with Crippen molar-refractivity contribution in [3.63, 3.8) is 0 Å². The van der Waals surface area contributed by atoms with Crippen molar-refractivity contribution in [1.29, 1.82) is 0 Å². The molecule has 102 valence electrons. The number of phenolic OH excluding ortho intramolecular Hbond substituents is 1. The average molecular weight is 398 g/mol. The Bertz CT molecular complexity index is 672. The van der Waals surface area contributed by atoms with Crippen LogP contribution >= 0.6 is 31.9 Å². The maximum atomic E-state index is 11.8. The van der Waals surface area contributed by atoms with E-state index in [1.165, 1.54) is 6.21 Å². The van der Waals surface area contributed by atoms with Gasteiger partial charge in [-0.1, -0.05) is 37.9 Å². The molecule has 0 aliphatic carbocycles. The lowest BCUT2D eigenvalue weighted by atomic mass is 10.2. The molecule has 2 aromatic carbocycles. The highest BCUT2D eigenvalue weighted by atomic mass is 79.9. The predicted octanol–water partition coefficient (Wildman–Crippen LogP) is 3.68. The summed E-state index contributed by atoms with van der Waals surface area (Å²) in [4.78, 5) is 11.8. The van der Waals surface area contributed by atoms with Gasteiger partial charge < -0.3 is 5.11 Å². The second-order valence-corrected chi connectivity index (χ2v) is 5.74. The van der Waals surface area contributed by atoms with Crippen LogP contribution in [0.4, 0.5) is 0 Å². The molecule has 0 aliphatic heterocycles. The fraction of sp³-hybridized carbons (Fsp3) is 0. The molecule has 2 N–H and O–H groups in total. The number of phenols is 1. The van der Waals surface area contributed by atoms with Crippen molar-refractivity contribution in [3.8, 4) is 5.75 Å². The standard InChI is InChI=1S/C14H10Br2N2O2/c15-11-3-1-2-9(6-11)14(20)18-17-8-10-7-12(16)4-5-13(10)19/h1-8,19H,(H,18,20)/b17-8-. The smallest absolute Gasteiger partial charge is 0.271 e. The van der Waals surface area contributed by atoms with Crippen molar-refractivity contribution in [1.82, 2.24) is 5.43 Å². The Morgan fingerprint density at radius 3 is 2.65 bits per heavy atom. The third-order valence-corrected chi connectivity index (χ3v) is 3.43. The lowest BCUT2D eigenvalue weighted by Crippen LogP contribution is -2.17. The van der Waals surface area contributed by atoms with Crippen LogP contribution in [-0.2, 0) is 0 Å². The Morgan fingerprint density at radius 2 is 1.90 bits per heavy atom. The normalized spacial score (nSPS) is 10.7. The van der Waals surface area contributed by atoms with Crippen molar-refractivity contribution in [2.75, 3.05) is 0 Å². The van der Waals surface area contributed by atoms with Gasteiger partial charge in [-0.25, -0.2) is 5.43 Å². The third-order valence-electron chi connectivity index (χ3n) is 2.45. The number of hydrazone groups is 1. The summed E-state index contributed by atoms with van der Waals surface area (Å²) in [5.41, 5.74) is 3.41. The number of hydrogen-bond donors (Lipinski definition) is 2. The molecule has 2 aromatic rings. The Kier molecular flexibility index (Phi) is 4.92. The Hall–Kier alpha value is -1.66. The van der Waals surface area contributed by atoms with E-state index in [0.29, 0.717) is 11.1 Å². The Labute approximate surface area is 132 Å². The average Bonchev–Trinajstić information content (AvgIpc) is 2.42. The van der Waals surface area contributed by atoms with Gasteiger partial charge in [0, 0.05) is 20.1 Å². The van der Waals surface area contributed by atoms with Crippen molar-refractivity contribution < 1.29 is 9.90 Å². The van der Waals surface area contributed by atoms with Gasteiger partial charge >= 0.3 is 0 Å². The molecule has 0 aromatic heterocycles. The first-order chi connectivity index (χ1) is 9.56. The number of benzene rings is 2. The van der Waals surface area contributed by atoms with Crippen molar-refractivity contribution in [2.45, 2.75) is 0 Å². The first-order valence-corrected chi connectivity index (χ1v) is 7.22. The van der Waals surface area contributed by atoms with Gasteiger partial charge in [0.05, 0.1) is 6.21 Å². The first kappa shape index (κ1) is 14.7. The molecule has 0 radical (unpaired) electrons. The van der Waals surface area contributed by atoms with Crippen LogP contribution in [0.15, 0.2) is 56.5 Å². The number of nitrogens with one attached hydrogen (secondary N) is 1. The number of amides is 1. The minimum absolute atomic E-state index is 0.0913. The summed E-state index contributed by atoms with van der Waals surface area (Å²) in [6, 6.07) is 11.9. The zero-order chi connectivity index (χ0) is 14.5. The fourth-order valence-corrected chi connectivity index (χ4v) is 2.26. The van der Waals surface area contributed by atoms with E-state index in [9.17, 15) is 9.90 Å². The van der Waals surface area contributed by atoms with Gasteiger partial charge in [0.1, 0.15) is 5.75 Å². The van der Waals surface area contributed by atoms with E-state index in [1.807, 2.05) is 6.07 Å². The van der Waals surface area contributed by atoms with E-state index in [0.717, 1.165) is 8.95 Å². The Morgan fingerprint density at radius 1 is 1.15 bits per heavy atom. The van der Waals surface area contributed by atoms with Crippen LogP contribution in [0.2, 0.25) is 0 Å². The van der Waals surface area contributed by atoms with Crippen molar-refractivity contribution >= 4 is 44.0 Å². The molecule has 0 heterocycles. The molecule has 0 fully saturated rings. The number of hydrogen-bond acceptors (Lipinski definition) is 3. The van der Waals surface area contributed by atoms with Crippen LogP contribution in [0.3, 0.4) is 0 Å². The predicted molar refractivity (Wildman–Crippen MR) is 85.0 cm³/mol. The van der Waals surface area contributed by atoms with E-state index < -0.39 is 0 Å². The number of rotatable bonds is 3. The van der Waals surface area contributed by atoms with E-state index >= 15 is 0 Å². The summed E-state index contributed by atoms with van der Waals surface area (Å²) in [6.07, 6.45) is 1.38. The molecule has 4 nitrogen and oxygen atoms in total. The van der Waals surface area contributed by atoms with Crippen LogP contribution in [0.1, 0.15) is 15.9 Å². The van der Waals surface area contributed by atoms with Crippen LogP contribution in [0.5, 0.6) is 5.75 Å². The van der Waals surface area contributed by atoms with E-state index in [2.05, 4.69) is 42.4 Å². The molecule has 0 spiro atoms. The van der Waals surface area contributed by atoms with Crippen molar-refractivity contribution in [2.24, 2.45) is 5.10 Å². The van der Waals surface area contributed by atoms with Gasteiger partial charge in [-0.2, -0.15) is 5.10 Å². The SMILES string of the molecule is O=C(N/N=C\c1cc(Br)ccc1O)c1cccc(Br)c1. The monoisotopic (exact) mass is 396 g/mol. The topological polar surface area (TPSA) is 61.7 Å². The highest BCUT2D eigenvalue weighted by Crippen LogP contribution is 2.20. The number of carbonyl (C=O) groups is 1. The number of aromatic hydroxyl groups is 1. The summed E-state index contributed by atoms with van der Waals surface area (Å²) in [6.45, 7) is 0. The number of nitrogens with zero attached hydrogens (tertiary/aromatic N) is 1. The largest absolute Gasteiger partial charge is 0.507 e. The van der Waals surface area contributed by atoms with Gasteiger partial charge in [-0.05, 0) is 36.4 Å². The van der Waals surface area contributed by atoms with Crippen molar-refractivity contribution in [3.05, 3.63) is 62.5 Å². The van der Waals surface area contributed by atoms with E-state index in [4.69, 9.17) is 0 Å². The molecule has 0 bridgehead atoms. The minimum atomic E-state index is -0.322. The van der Waals surface area contributed by atoms with Gasteiger partial charge in [-0.15, -0.1) is 0 Å². The molecule has 0 atom stereocenters. The minimum Gasteiger partial charge on any atom is -0.507 e. The fourth-order valence-electron chi connectivity index (χ4n) is 1.48. The van der Waals surface area contributed by atoms with Gasteiger partial charge in [0.2, 0.25) is 0 Å². The molecule has 0 saturated heterocycles. The maximum Gasteiger partial charge on any atom is 0.271 e. The number of halogens is 2. The quantitative estimate of drug-likeness (QED) is 0.612. The lowest BCUT2D eigenvalue weighted by molar-refractivity contribution is 0.0955. The second kappa shape index (κ2) is 6.67. The zero-order valence-corrected chi connectivity index (χ0v) is 13.3. The second-order valence-electron chi connectivity index (χ2n) is 3.91. The molecule has 0 saturated carbocycles. The lowest BCUT2D eigenvalue weighted by Gasteiger charge is -2.01. The number of carbonyl (C=O) groups excluding carboxylic acids is 1. The molecule has 0 unspecified atom stereocenters. The van der Waals surface area contributed by atoms with Gasteiger partial charge in [0.25, 0.3) is 5.91 Å². The molecule has 1 amide bonds. The first-order valence-electron chi connectivity index (χ1n) is 5.64. The summed E-state index contributed by atoms with van der Waals surface area (Å²) in [7, 11) is 0. The molecule has 6 heteroatoms. The summed E-state index contributed by atoms with van der Waals surface area (Å²) in [5.74, 6) is -0.231. The van der Waals surface area contributed by atoms with Gasteiger partial charge in [-0.3, -0.25) is 4.79 Å². The molecule has 2 rings (SSSR count). The zero-order valence-electron chi connectivity index (χ0n) is 10.2. The summed E-state index contributed by atoms with van der Waals surface area (Å²) >= 11 is 6.59. The highest BCUT2D eigenvalue weighted by molar-refractivity contribution is 9.10. The summed E-state index contributed by atoms with van der Waals surface area (Å²) < 4.78 is 1.63. The Balaban J connectivity index is 2.06. The molecular weight excluding hydrogens is 388 g/mol. The highest BCUT2D eigenvalue weighted by Gasteiger charge is 2.04. The molecule has 20 heavy (non-hydrogen) atoms. The van der Waals surface area contributed by atoms with E-state index in [-0.39, 0.29) is 11.7 Å². The van der Waals surface area contributed by atoms with E-state index in [1.54, 1.807) is 36.4 Å². The molecule has 0 aliphatic rings. The third kappa shape index (κ3) is 3.91. The van der Waals surface area contributed by atoms with Crippen LogP contribution in [-0.4, -0.2) is 17.2 Å². The van der Waals surface area contributed by atoms with Crippen LogP contribution < -0.4 is 5.43 Å². The van der Waals surface area contributed by atoms with Crippen LogP contribution in [0, 0.1) is 0 Å². The van der Waals surface area contributed by atoms with Gasteiger partial charge in [0.15, 0.2) is 0 Å². The maximum absolute atomic E-state index is 11.8. The molecular formula is C14H10Br2N2O2. The summed E-state index contributed by atoms with van der Waals surface area (Å²) in [5, 5.41) is 13.5.